The Hall–Kier alpha value is -3.59. The normalized spacial score (nSPS) is 17.5. The molecule has 1 saturated heterocycles. The Labute approximate surface area is 191 Å². The Kier molecular flexibility index (Phi) is 7.23. The smallest absolute Gasteiger partial charge is 0.295 e. The number of ketones is 1. The Balaban J connectivity index is 2.30. The highest BCUT2D eigenvalue weighted by molar-refractivity contribution is 6.46. The average molecular weight is 458 g/mol. The lowest BCUT2D eigenvalue weighted by Crippen LogP contribution is -2.35. The molecule has 3 rings (SSSR count). The number of rotatable bonds is 8. The number of aliphatic hydroxyl groups is 1. The van der Waals surface area contributed by atoms with E-state index in [1.807, 2.05) is 19.0 Å². The summed E-state index contributed by atoms with van der Waals surface area (Å²) in [6.07, 6.45) is 0. The van der Waals surface area contributed by atoms with Crippen molar-refractivity contribution in [1.82, 2.24) is 9.80 Å². The van der Waals surface area contributed by atoms with Crippen LogP contribution in [-0.2, 0) is 9.59 Å². The fraction of sp³-hybridized carbons (Fsp3) is 0.333. The number of para-hydroxylation sites is 1. The molecular weight excluding hydrogens is 431 g/mol. The number of halogens is 1. The molecule has 1 fully saturated rings. The molecule has 0 spiro atoms. The molecule has 176 valence electrons. The van der Waals surface area contributed by atoms with Gasteiger partial charge >= 0.3 is 0 Å². The van der Waals surface area contributed by atoms with Crippen LogP contribution in [0.5, 0.6) is 17.2 Å². The van der Waals surface area contributed by atoms with E-state index in [4.69, 9.17) is 14.2 Å². The van der Waals surface area contributed by atoms with Crippen molar-refractivity contribution in [2.75, 3.05) is 48.5 Å². The number of hydrogen-bond donors (Lipinski definition) is 1. The minimum atomic E-state index is -0.983. The van der Waals surface area contributed by atoms with Gasteiger partial charge in [-0.15, -0.1) is 0 Å². The summed E-state index contributed by atoms with van der Waals surface area (Å²) in [6, 6.07) is 7.66. The quantitative estimate of drug-likeness (QED) is 0.370. The lowest BCUT2D eigenvalue weighted by Gasteiger charge is -2.28. The van der Waals surface area contributed by atoms with E-state index in [0.717, 1.165) is 6.07 Å². The van der Waals surface area contributed by atoms with Crippen molar-refractivity contribution < 1.29 is 33.3 Å². The van der Waals surface area contributed by atoms with Gasteiger partial charge in [0, 0.05) is 18.7 Å². The van der Waals surface area contributed by atoms with Crippen LogP contribution < -0.4 is 14.2 Å². The van der Waals surface area contributed by atoms with E-state index in [0.29, 0.717) is 23.6 Å². The third-order valence-corrected chi connectivity index (χ3v) is 5.47. The molecule has 0 unspecified atom stereocenters. The molecule has 1 aliphatic heterocycles. The molecule has 2 aromatic carbocycles. The van der Waals surface area contributed by atoms with Gasteiger partial charge in [-0.05, 0) is 38.4 Å². The van der Waals surface area contributed by atoms with Gasteiger partial charge in [-0.2, -0.15) is 0 Å². The highest BCUT2D eigenvalue weighted by Crippen LogP contribution is 2.46. The Morgan fingerprint density at radius 2 is 1.76 bits per heavy atom. The summed E-state index contributed by atoms with van der Waals surface area (Å²) in [7, 11) is 7.97. The zero-order valence-electron chi connectivity index (χ0n) is 19.2. The molecule has 0 saturated carbocycles. The molecule has 1 aliphatic rings. The van der Waals surface area contributed by atoms with Crippen LogP contribution in [0.3, 0.4) is 0 Å². The summed E-state index contributed by atoms with van der Waals surface area (Å²) in [5.41, 5.74) is 0.232. The molecule has 1 atom stereocenters. The van der Waals surface area contributed by atoms with Crippen molar-refractivity contribution in [1.29, 1.82) is 0 Å². The number of methoxy groups -OCH3 is 3. The Morgan fingerprint density at radius 3 is 2.36 bits per heavy atom. The predicted molar refractivity (Wildman–Crippen MR) is 120 cm³/mol. The van der Waals surface area contributed by atoms with Crippen LogP contribution in [0.25, 0.3) is 5.76 Å². The molecule has 0 radical (unpaired) electrons. The maximum Gasteiger partial charge on any atom is 0.295 e. The fourth-order valence-electron chi connectivity index (χ4n) is 3.88. The molecule has 9 heteroatoms. The lowest BCUT2D eigenvalue weighted by molar-refractivity contribution is -0.140. The Morgan fingerprint density at radius 1 is 1.06 bits per heavy atom. The number of Topliss-reactive ketones (excluding diaryl/α,β-unsaturated/α-hetero) is 1. The first-order valence-electron chi connectivity index (χ1n) is 10.2. The van der Waals surface area contributed by atoms with E-state index in [1.54, 1.807) is 18.2 Å². The number of ether oxygens (including phenoxy) is 3. The largest absolute Gasteiger partial charge is 0.507 e. The van der Waals surface area contributed by atoms with Crippen molar-refractivity contribution in [2.45, 2.75) is 6.04 Å². The summed E-state index contributed by atoms with van der Waals surface area (Å²) in [5.74, 6) is -1.95. The fourth-order valence-corrected chi connectivity index (χ4v) is 3.88. The maximum absolute atomic E-state index is 14.0. The SMILES string of the molecule is COc1ccc(F)cc1/C(O)=C1\C(=O)C(=O)N(CCN(C)C)[C@@H]1c1cccc(OC)c1OC. The summed E-state index contributed by atoms with van der Waals surface area (Å²) >= 11 is 0. The zero-order chi connectivity index (χ0) is 24.3. The highest BCUT2D eigenvalue weighted by Gasteiger charge is 2.47. The first kappa shape index (κ1) is 24.1. The number of nitrogens with zero attached hydrogens (tertiary/aromatic N) is 2. The second-order valence-corrected chi connectivity index (χ2v) is 7.72. The van der Waals surface area contributed by atoms with E-state index in [2.05, 4.69) is 0 Å². The van der Waals surface area contributed by atoms with E-state index >= 15 is 0 Å². The van der Waals surface area contributed by atoms with Crippen molar-refractivity contribution in [3.05, 3.63) is 58.9 Å². The average Bonchev–Trinajstić information content (AvgIpc) is 3.06. The van der Waals surface area contributed by atoms with Gasteiger partial charge in [0.1, 0.15) is 17.3 Å². The van der Waals surface area contributed by atoms with Crippen molar-refractivity contribution in [3.63, 3.8) is 0 Å². The van der Waals surface area contributed by atoms with Crippen LogP contribution in [0, 0.1) is 5.82 Å². The highest BCUT2D eigenvalue weighted by atomic mass is 19.1. The number of amides is 1. The standard InChI is InChI=1S/C24H27FN2O6/c1-26(2)11-12-27-20(15-7-6-8-18(32-4)23(15)33-5)19(22(29)24(27)30)21(28)16-13-14(25)9-10-17(16)31-3/h6-10,13,20,28H,11-12H2,1-5H3/b21-19+/t20-/m1/s1. The summed E-state index contributed by atoms with van der Waals surface area (Å²) < 4.78 is 30.2. The molecule has 33 heavy (non-hydrogen) atoms. The topological polar surface area (TPSA) is 88.5 Å². The molecule has 1 heterocycles. The molecule has 2 aromatic rings. The van der Waals surface area contributed by atoms with Crippen molar-refractivity contribution in [3.8, 4) is 17.2 Å². The van der Waals surface area contributed by atoms with Crippen LogP contribution in [0.1, 0.15) is 17.2 Å². The molecular formula is C24H27FN2O6. The van der Waals surface area contributed by atoms with Gasteiger partial charge in [-0.25, -0.2) is 4.39 Å². The summed E-state index contributed by atoms with van der Waals surface area (Å²) in [4.78, 5) is 29.5. The van der Waals surface area contributed by atoms with Gasteiger partial charge in [-0.1, -0.05) is 12.1 Å². The zero-order valence-corrected chi connectivity index (χ0v) is 19.2. The molecule has 8 nitrogen and oxygen atoms in total. The number of likely N-dealkylation sites (N-methyl/N-ethyl adjacent to an activating group) is 1. The Bertz CT molecular complexity index is 1100. The van der Waals surface area contributed by atoms with E-state index in [1.165, 1.54) is 38.4 Å². The van der Waals surface area contributed by atoms with E-state index in [9.17, 15) is 19.1 Å². The van der Waals surface area contributed by atoms with Gasteiger partial charge in [0.05, 0.1) is 38.5 Å². The van der Waals surface area contributed by atoms with Gasteiger partial charge in [0.25, 0.3) is 11.7 Å². The first-order chi connectivity index (χ1) is 15.7. The van der Waals surface area contributed by atoms with Gasteiger partial charge in [0.2, 0.25) is 0 Å². The van der Waals surface area contributed by atoms with Crippen molar-refractivity contribution >= 4 is 17.4 Å². The van der Waals surface area contributed by atoms with Gasteiger partial charge in [-0.3, -0.25) is 9.59 Å². The molecule has 0 aromatic heterocycles. The van der Waals surface area contributed by atoms with Crippen LogP contribution in [0.4, 0.5) is 4.39 Å². The third-order valence-electron chi connectivity index (χ3n) is 5.47. The number of benzene rings is 2. The number of likely N-dealkylation sites (tertiary alicyclic amines) is 1. The predicted octanol–water partition coefficient (Wildman–Crippen LogP) is 2.83. The second kappa shape index (κ2) is 9.91. The molecule has 0 bridgehead atoms. The van der Waals surface area contributed by atoms with E-state index in [-0.39, 0.29) is 23.4 Å². The van der Waals surface area contributed by atoms with Crippen LogP contribution in [-0.4, -0.2) is 75.1 Å². The van der Waals surface area contributed by atoms with Crippen LogP contribution >= 0.6 is 0 Å². The van der Waals surface area contributed by atoms with Crippen LogP contribution in [0.2, 0.25) is 0 Å². The first-order valence-corrected chi connectivity index (χ1v) is 10.2. The number of carbonyl (C=O) groups is 2. The molecule has 0 aliphatic carbocycles. The minimum absolute atomic E-state index is 0.0324. The molecule has 1 N–H and O–H groups in total. The number of aliphatic hydroxyl groups excluding tert-OH is 1. The third kappa shape index (κ3) is 4.49. The molecule has 1 amide bonds. The van der Waals surface area contributed by atoms with Crippen LogP contribution in [0.15, 0.2) is 42.0 Å². The van der Waals surface area contributed by atoms with E-state index < -0.39 is 29.3 Å². The number of hydrogen-bond acceptors (Lipinski definition) is 7. The second-order valence-electron chi connectivity index (χ2n) is 7.72. The van der Waals surface area contributed by atoms with Gasteiger partial charge in [0.15, 0.2) is 11.5 Å². The summed E-state index contributed by atoms with van der Waals surface area (Å²) in [6.45, 7) is 0.679. The number of carbonyl (C=O) groups excluding carboxylic acids is 2. The monoisotopic (exact) mass is 458 g/mol. The minimum Gasteiger partial charge on any atom is -0.507 e. The maximum atomic E-state index is 14.0. The lowest BCUT2D eigenvalue weighted by atomic mass is 9.94. The summed E-state index contributed by atoms with van der Waals surface area (Å²) in [5, 5.41) is 11.2. The van der Waals surface area contributed by atoms with Crippen molar-refractivity contribution in [2.24, 2.45) is 0 Å². The van der Waals surface area contributed by atoms with Gasteiger partial charge < -0.3 is 29.1 Å².